The second-order valence-electron chi connectivity index (χ2n) is 6.67. The van der Waals surface area contributed by atoms with Gasteiger partial charge in [-0.1, -0.05) is 31.2 Å². The molecule has 2 aromatic rings. The molecule has 1 N–H and O–H groups in total. The first-order valence-corrected chi connectivity index (χ1v) is 9.26. The second-order valence-corrected chi connectivity index (χ2v) is 6.67. The molecule has 0 bridgehead atoms. The lowest BCUT2D eigenvalue weighted by molar-refractivity contribution is 0.0953. The molecule has 1 saturated heterocycles. The third-order valence-corrected chi connectivity index (χ3v) is 4.70. The molecule has 0 saturated carbocycles. The zero-order chi connectivity index (χ0) is 18.4. The van der Waals surface area contributed by atoms with Crippen molar-refractivity contribution < 1.29 is 9.18 Å². The van der Waals surface area contributed by atoms with E-state index in [1.54, 1.807) is 6.07 Å². The van der Waals surface area contributed by atoms with E-state index in [9.17, 15) is 9.18 Å². The minimum atomic E-state index is -0.160. The van der Waals surface area contributed by atoms with Crippen LogP contribution >= 0.6 is 0 Å². The van der Waals surface area contributed by atoms with Gasteiger partial charge in [-0.2, -0.15) is 0 Å². The smallest absolute Gasteiger partial charge is 0.251 e. The maximum Gasteiger partial charge on any atom is 0.251 e. The third kappa shape index (κ3) is 4.61. The molecule has 0 unspecified atom stereocenters. The van der Waals surface area contributed by atoms with Crippen molar-refractivity contribution in [2.45, 2.75) is 19.9 Å². The number of piperazine rings is 1. The number of nitrogens with zero attached hydrogens (tertiary/aromatic N) is 2. The number of halogens is 1. The van der Waals surface area contributed by atoms with Crippen LogP contribution < -0.4 is 10.2 Å². The fraction of sp³-hybridized carbons (Fsp3) is 0.381. The Balaban J connectivity index is 1.56. The van der Waals surface area contributed by atoms with Crippen LogP contribution in [-0.2, 0) is 6.54 Å². The van der Waals surface area contributed by atoms with Crippen LogP contribution in [0.3, 0.4) is 0 Å². The van der Waals surface area contributed by atoms with E-state index in [0.717, 1.165) is 44.7 Å². The van der Waals surface area contributed by atoms with Crippen molar-refractivity contribution in [3.63, 3.8) is 0 Å². The quantitative estimate of drug-likeness (QED) is 0.864. The van der Waals surface area contributed by atoms with E-state index in [4.69, 9.17) is 0 Å². The van der Waals surface area contributed by atoms with Gasteiger partial charge in [0.1, 0.15) is 5.82 Å². The Morgan fingerprint density at radius 3 is 2.58 bits per heavy atom. The Kier molecular flexibility index (Phi) is 6.23. The summed E-state index contributed by atoms with van der Waals surface area (Å²) < 4.78 is 13.9. The van der Waals surface area contributed by atoms with Gasteiger partial charge in [0.25, 0.3) is 5.91 Å². The van der Waals surface area contributed by atoms with E-state index in [-0.39, 0.29) is 11.7 Å². The Bertz CT molecular complexity index is 742. The highest BCUT2D eigenvalue weighted by Crippen LogP contribution is 2.20. The topological polar surface area (TPSA) is 35.6 Å². The third-order valence-electron chi connectivity index (χ3n) is 4.70. The van der Waals surface area contributed by atoms with E-state index in [2.05, 4.69) is 21.2 Å². The van der Waals surface area contributed by atoms with Crippen molar-refractivity contribution >= 4 is 11.6 Å². The van der Waals surface area contributed by atoms with Gasteiger partial charge in [-0.05, 0) is 36.2 Å². The zero-order valence-corrected chi connectivity index (χ0v) is 15.2. The molecule has 26 heavy (non-hydrogen) atoms. The van der Waals surface area contributed by atoms with Crippen molar-refractivity contribution in [2.24, 2.45) is 0 Å². The number of rotatable bonds is 6. The van der Waals surface area contributed by atoms with Crippen LogP contribution in [0.4, 0.5) is 10.1 Å². The fourth-order valence-corrected chi connectivity index (χ4v) is 3.26. The first-order chi connectivity index (χ1) is 12.7. The molecule has 138 valence electrons. The number of benzene rings is 2. The predicted molar refractivity (Wildman–Crippen MR) is 103 cm³/mol. The highest BCUT2D eigenvalue weighted by Gasteiger charge is 2.19. The van der Waals surface area contributed by atoms with E-state index in [0.29, 0.717) is 17.8 Å². The van der Waals surface area contributed by atoms with Crippen LogP contribution in [0.25, 0.3) is 0 Å². The number of para-hydroxylation sites is 1. The molecule has 1 aliphatic rings. The average molecular weight is 355 g/mol. The maximum absolute atomic E-state index is 13.9. The van der Waals surface area contributed by atoms with Crippen LogP contribution in [0.2, 0.25) is 0 Å². The molecule has 0 radical (unpaired) electrons. The van der Waals surface area contributed by atoms with Gasteiger partial charge >= 0.3 is 0 Å². The standard InChI is InChI=1S/C21H26FN3O/c1-2-10-23-21(26)18-7-5-6-17(15-18)16-24-11-13-25(14-12-24)20-9-4-3-8-19(20)22/h3-9,15H,2,10-14,16H2,1H3,(H,23,26). The fourth-order valence-electron chi connectivity index (χ4n) is 3.26. The monoisotopic (exact) mass is 355 g/mol. The number of amides is 1. The summed E-state index contributed by atoms with van der Waals surface area (Å²) >= 11 is 0. The number of hydrogen-bond donors (Lipinski definition) is 1. The van der Waals surface area contributed by atoms with Gasteiger partial charge in [-0.15, -0.1) is 0 Å². The number of anilines is 1. The van der Waals surface area contributed by atoms with Crippen molar-refractivity contribution in [1.82, 2.24) is 10.2 Å². The molecule has 4 nitrogen and oxygen atoms in total. The second kappa shape index (κ2) is 8.81. The Morgan fingerprint density at radius 1 is 1.08 bits per heavy atom. The number of hydrogen-bond acceptors (Lipinski definition) is 3. The van der Waals surface area contributed by atoms with Gasteiger partial charge in [0.15, 0.2) is 0 Å². The molecule has 0 atom stereocenters. The van der Waals surface area contributed by atoms with Crippen LogP contribution in [0.1, 0.15) is 29.3 Å². The van der Waals surface area contributed by atoms with Gasteiger partial charge < -0.3 is 10.2 Å². The predicted octanol–water partition coefficient (Wildman–Crippen LogP) is 3.29. The van der Waals surface area contributed by atoms with E-state index in [1.165, 1.54) is 6.07 Å². The van der Waals surface area contributed by atoms with Crippen molar-refractivity contribution in [1.29, 1.82) is 0 Å². The SMILES string of the molecule is CCCNC(=O)c1cccc(CN2CCN(c3ccccc3F)CC2)c1. The van der Waals surface area contributed by atoms with Gasteiger partial charge in [-0.3, -0.25) is 9.69 Å². The summed E-state index contributed by atoms with van der Waals surface area (Å²) in [7, 11) is 0. The lowest BCUT2D eigenvalue weighted by Gasteiger charge is -2.36. The first kappa shape index (κ1) is 18.4. The minimum Gasteiger partial charge on any atom is -0.367 e. The first-order valence-electron chi connectivity index (χ1n) is 9.26. The van der Waals surface area contributed by atoms with E-state index in [1.807, 2.05) is 37.3 Å². The van der Waals surface area contributed by atoms with Gasteiger partial charge in [0.05, 0.1) is 5.69 Å². The number of nitrogens with one attached hydrogen (secondary N) is 1. The molecule has 5 heteroatoms. The van der Waals surface area contributed by atoms with Crippen molar-refractivity contribution in [2.75, 3.05) is 37.6 Å². The van der Waals surface area contributed by atoms with Gasteiger partial charge in [0, 0.05) is 44.8 Å². The molecule has 3 rings (SSSR count). The summed E-state index contributed by atoms with van der Waals surface area (Å²) in [6.07, 6.45) is 0.928. The van der Waals surface area contributed by atoms with Gasteiger partial charge in [-0.25, -0.2) is 4.39 Å². The van der Waals surface area contributed by atoms with Crippen LogP contribution in [0.5, 0.6) is 0 Å². The van der Waals surface area contributed by atoms with Crippen LogP contribution in [-0.4, -0.2) is 43.5 Å². The molecule has 0 aromatic heterocycles. The molecule has 1 aliphatic heterocycles. The summed E-state index contributed by atoms with van der Waals surface area (Å²) in [6, 6.07) is 14.8. The van der Waals surface area contributed by atoms with Gasteiger partial charge in [0.2, 0.25) is 0 Å². The zero-order valence-electron chi connectivity index (χ0n) is 15.2. The maximum atomic E-state index is 13.9. The summed E-state index contributed by atoms with van der Waals surface area (Å²) in [6.45, 7) is 6.90. The van der Waals surface area contributed by atoms with Crippen molar-refractivity contribution in [3.8, 4) is 0 Å². The molecule has 1 amide bonds. The lowest BCUT2D eigenvalue weighted by atomic mass is 10.1. The number of carbonyl (C=O) groups excluding carboxylic acids is 1. The molecular weight excluding hydrogens is 329 g/mol. The average Bonchev–Trinajstić information content (AvgIpc) is 2.67. The minimum absolute atomic E-state index is 0.0157. The number of carbonyl (C=O) groups is 1. The van der Waals surface area contributed by atoms with Crippen LogP contribution in [0, 0.1) is 5.82 Å². The summed E-state index contributed by atoms with van der Waals surface area (Å²) in [4.78, 5) is 16.6. The molecule has 1 heterocycles. The Labute approximate surface area is 154 Å². The van der Waals surface area contributed by atoms with Crippen LogP contribution in [0.15, 0.2) is 48.5 Å². The lowest BCUT2D eigenvalue weighted by Crippen LogP contribution is -2.46. The normalized spacial score (nSPS) is 15.1. The highest BCUT2D eigenvalue weighted by atomic mass is 19.1. The highest BCUT2D eigenvalue weighted by molar-refractivity contribution is 5.94. The van der Waals surface area contributed by atoms with Crippen molar-refractivity contribution in [3.05, 3.63) is 65.5 Å². The molecule has 2 aromatic carbocycles. The Morgan fingerprint density at radius 2 is 1.85 bits per heavy atom. The van der Waals surface area contributed by atoms with E-state index < -0.39 is 0 Å². The molecule has 0 aliphatic carbocycles. The van der Waals surface area contributed by atoms with E-state index >= 15 is 0 Å². The molecular formula is C21H26FN3O. The molecule has 0 spiro atoms. The summed E-state index contributed by atoms with van der Waals surface area (Å²) in [5.74, 6) is -0.176. The Hall–Kier alpha value is -2.40. The largest absolute Gasteiger partial charge is 0.367 e. The summed E-state index contributed by atoms with van der Waals surface area (Å²) in [5, 5.41) is 2.91. The molecule has 1 fully saturated rings. The summed E-state index contributed by atoms with van der Waals surface area (Å²) in [5.41, 5.74) is 2.52.